The molecule has 1 N–H and O–H groups in total. The average molecular weight is 447 g/mol. The lowest BCUT2D eigenvalue weighted by atomic mass is 9.99. The fourth-order valence-electron chi connectivity index (χ4n) is 3.69. The molecule has 2 amide bonds. The van der Waals surface area contributed by atoms with Crippen LogP contribution < -0.4 is 15.0 Å². The van der Waals surface area contributed by atoms with Crippen molar-refractivity contribution < 1.29 is 14.3 Å². The molecule has 0 aliphatic carbocycles. The van der Waals surface area contributed by atoms with Crippen molar-refractivity contribution in [1.82, 2.24) is 0 Å². The number of methoxy groups -OCH3 is 1. The average Bonchev–Trinajstić information content (AvgIpc) is 3.02. The zero-order valence-corrected chi connectivity index (χ0v) is 19.1. The summed E-state index contributed by atoms with van der Waals surface area (Å²) < 4.78 is 5.21. The van der Waals surface area contributed by atoms with Crippen LogP contribution in [0.5, 0.6) is 5.75 Å². The first-order valence-corrected chi connectivity index (χ1v) is 10.6. The molecule has 0 atom stereocenters. The summed E-state index contributed by atoms with van der Waals surface area (Å²) in [5, 5.41) is 3.66. The lowest BCUT2D eigenvalue weighted by molar-refractivity contribution is -0.120. The van der Waals surface area contributed by atoms with E-state index in [-0.39, 0.29) is 11.6 Å². The van der Waals surface area contributed by atoms with Crippen LogP contribution in [0.15, 0.2) is 66.4 Å². The molecule has 0 fully saturated rings. The number of amides is 2. The molecule has 3 aromatic carbocycles. The third-order valence-electron chi connectivity index (χ3n) is 5.72. The molecule has 1 heterocycles. The Bertz CT molecular complexity index is 1260. The van der Waals surface area contributed by atoms with Gasteiger partial charge in [-0.3, -0.25) is 9.59 Å². The molecule has 4 rings (SSSR count). The number of halogens is 1. The summed E-state index contributed by atoms with van der Waals surface area (Å²) in [5.41, 5.74) is 5.20. The zero-order chi connectivity index (χ0) is 23.0. The quantitative estimate of drug-likeness (QED) is 0.513. The van der Waals surface area contributed by atoms with E-state index >= 15 is 0 Å². The first-order chi connectivity index (χ1) is 15.3. The third-order valence-corrected chi connectivity index (χ3v) is 6.13. The van der Waals surface area contributed by atoms with Crippen LogP contribution in [0.4, 0.5) is 11.4 Å². The van der Waals surface area contributed by atoms with Crippen LogP contribution in [0.1, 0.15) is 22.3 Å². The topological polar surface area (TPSA) is 58.6 Å². The Morgan fingerprint density at radius 2 is 1.59 bits per heavy atom. The van der Waals surface area contributed by atoms with Gasteiger partial charge in [-0.05, 0) is 79.4 Å². The van der Waals surface area contributed by atoms with Gasteiger partial charge in [-0.2, -0.15) is 0 Å². The van der Waals surface area contributed by atoms with Gasteiger partial charge in [0.05, 0.1) is 18.4 Å². The van der Waals surface area contributed by atoms with Crippen LogP contribution in [-0.2, 0) is 9.59 Å². The fraction of sp³-hybridized carbons (Fsp3) is 0.154. The number of nitrogens with one attached hydrogen (secondary N) is 1. The maximum Gasteiger partial charge on any atom is 0.282 e. The van der Waals surface area contributed by atoms with Crippen molar-refractivity contribution in [2.75, 3.05) is 17.3 Å². The number of hydrogen-bond acceptors (Lipinski definition) is 4. The number of imide groups is 1. The number of carbonyl (C=O) groups is 2. The number of nitrogens with zero attached hydrogens (tertiary/aromatic N) is 1. The molecule has 32 heavy (non-hydrogen) atoms. The monoisotopic (exact) mass is 446 g/mol. The van der Waals surface area contributed by atoms with Crippen LogP contribution in [0, 0.1) is 20.8 Å². The van der Waals surface area contributed by atoms with Gasteiger partial charge in [0.25, 0.3) is 11.8 Å². The minimum absolute atomic E-state index is 0.225. The maximum atomic E-state index is 13.6. The molecule has 0 saturated heterocycles. The van der Waals surface area contributed by atoms with Gasteiger partial charge in [0.15, 0.2) is 0 Å². The van der Waals surface area contributed by atoms with E-state index in [1.165, 1.54) is 4.90 Å². The van der Waals surface area contributed by atoms with Crippen LogP contribution >= 0.6 is 11.6 Å². The molecule has 0 bridgehead atoms. The third kappa shape index (κ3) is 3.76. The highest BCUT2D eigenvalue weighted by Gasteiger charge is 2.41. The lowest BCUT2D eigenvalue weighted by Crippen LogP contribution is -2.33. The van der Waals surface area contributed by atoms with Crippen molar-refractivity contribution >= 4 is 40.4 Å². The second kappa shape index (κ2) is 8.52. The molecule has 0 saturated carbocycles. The standard InChI is InChI=1S/C26H23ClN2O3/c1-15-8-9-18(14-16(15)2)23-24(28-19-10-12-20(32-4)13-11-19)26(31)29(25(23)30)22-7-5-6-21(27)17(22)3/h5-14,28H,1-4H3. The SMILES string of the molecule is COc1ccc(NC2=C(c3ccc(C)c(C)c3)C(=O)N(c3cccc(Cl)c3C)C2=O)cc1. The first-order valence-electron chi connectivity index (χ1n) is 10.2. The van der Waals surface area contributed by atoms with Gasteiger partial charge in [0.1, 0.15) is 11.4 Å². The summed E-state index contributed by atoms with van der Waals surface area (Å²) in [6, 6.07) is 18.1. The number of carbonyl (C=O) groups excluding carboxylic acids is 2. The second-order valence-corrected chi connectivity index (χ2v) is 8.14. The number of aryl methyl sites for hydroxylation is 2. The summed E-state index contributed by atoms with van der Waals surface area (Å²) in [6.45, 7) is 5.78. The van der Waals surface area contributed by atoms with Crippen molar-refractivity contribution in [3.8, 4) is 5.75 Å². The second-order valence-electron chi connectivity index (χ2n) is 7.73. The number of benzene rings is 3. The van der Waals surface area contributed by atoms with Crippen LogP contribution in [0.25, 0.3) is 5.57 Å². The number of ether oxygens (including phenoxy) is 1. The Hall–Kier alpha value is -3.57. The van der Waals surface area contributed by atoms with E-state index < -0.39 is 5.91 Å². The highest BCUT2D eigenvalue weighted by molar-refractivity contribution is 6.46. The largest absolute Gasteiger partial charge is 0.497 e. The molecule has 1 aliphatic heterocycles. The highest BCUT2D eigenvalue weighted by atomic mass is 35.5. The van der Waals surface area contributed by atoms with E-state index in [4.69, 9.17) is 16.3 Å². The van der Waals surface area contributed by atoms with Crippen LogP contribution in [0.3, 0.4) is 0 Å². The van der Waals surface area contributed by atoms with Gasteiger partial charge in [0, 0.05) is 10.7 Å². The number of hydrogen-bond donors (Lipinski definition) is 1. The van der Waals surface area contributed by atoms with Gasteiger partial charge >= 0.3 is 0 Å². The van der Waals surface area contributed by atoms with E-state index in [0.29, 0.717) is 38.8 Å². The van der Waals surface area contributed by atoms with E-state index in [1.54, 1.807) is 56.5 Å². The molecule has 0 radical (unpaired) electrons. The zero-order valence-electron chi connectivity index (χ0n) is 18.3. The van der Waals surface area contributed by atoms with Crippen molar-refractivity contribution in [3.63, 3.8) is 0 Å². The van der Waals surface area contributed by atoms with Crippen molar-refractivity contribution in [3.05, 3.63) is 93.6 Å². The minimum atomic E-state index is -0.426. The predicted octanol–water partition coefficient (Wildman–Crippen LogP) is 5.67. The Kier molecular flexibility index (Phi) is 5.76. The molecule has 0 spiro atoms. The predicted molar refractivity (Wildman–Crippen MR) is 128 cm³/mol. The summed E-state index contributed by atoms with van der Waals surface area (Å²) in [5.74, 6) is -0.118. The van der Waals surface area contributed by atoms with Crippen LogP contribution in [0.2, 0.25) is 5.02 Å². The maximum absolute atomic E-state index is 13.6. The van der Waals surface area contributed by atoms with Crippen LogP contribution in [-0.4, -0.2) is 18.9 Å². The Morgan fingerprint density at radius 1 is 0.875 bits per heavy atom. The van der Waals surface area contributed by atoms with Gasteiger partial charge in [0.2, 0.25) is 0 Å². The van der Waals surface area contributed by atoms with Crippen molar-refractivity contribution in [2.45, 2.75) is 20.8 Å². The molecule has 1 aliphatic rings. The molecular formula is C26H23ClN2O3. The summed E-state index contributed by atoms with van der Waals surface area (Å²) in [4.78, 5) is 28.4. The van der Waals surface area contributed by atoms with Gasteiger partial charge in [-0.1, -0.05) is 35.9 Å². The summed E-state index contributed by atoms with van der Waals surface area (Å²) >= 11 is 6.28. The van der Waals surface area contributed by atoms with Crippen molar-refractivity contribution in [1.29, 1.82) is 0 Å². The molecule has 6 heteroatoms. The number of anilines is 2. The highest BCUT2D eigenvalue weighted by Crippen LogP contribution is 2.37. The van der Waals surface area contributed by atoms with Gasteiger partial charge < -0.3 is 10.1 Å². The van der Waals surface area contributed by atoms with E-state index in [2.05, 4.69) is 5.32 Å². The van der Waals surface area contributed by atoms with Gasteiger partial charge in [-0.15, -0.1) is 0 Å². The fourth-order valence-corrected chi connectivity index (χ4v) is 3.86. The normalized spacial score (nSPS) is 13.7. The Morgan fingerprint density at radius 3 is 2.25 bits per heavy atom. The molecule has 162 valence electrons. The molecule has 5 nitrogen and oxygen atoms in total. The lowest BCUT2D eigenvalue weighted by Gasteiger charge is -2.18. The van der Waals surface area contributed by atoms with E-state index in [9.17, 15) is 9.59 Å². The molecule has 3 aromatic rings. The Balaban J connectivity index is 1.85. The first kappa shape index (κ1) is 21.7. The molecule has 0 aromatic heterocycles. The number of rotatable bonds is 5. The van der Waals surface area contributed by atoms with E-state index in [0.717, 1.165) is 11.1 Å². The summed E-state index contributed by atoms with van der Waals surface area (Å²) in [6.07, 6.45) is 0. The molecule has 0 unspecified atom stereocenters. The Labute approximate surface area is 192 Å². The van der Waals surface area contributed by atoms with Gasteiger partial charge in [-0.25, -0.2) is 4.90 Å². The van der Waals surface area contributed by atoms with Crippen molar-refractivity contribution in [2.24, 2.45) is 0 Å². The minimum Gasteiger partial charge on any atom is -0.497 e. The van der Waals surface area contributed by atoms with E-state index in [1.807, 2.05) is 32.0 Å². The molecular weight excluding hydrogens is 424 g/mol. The summed E-state index contributed by atoms with van der Waals surface area (Å²) in [7, 11) is 1.59. The smallest absolute Gasteiger partial charge is 0.282 e.